The van der Waals surface area contributed by atoms with E-state index in [4.69, 9.17) is 9.47 Å². The first kappa shape index (κ1) is 18.2. The van der Waals surface area contributed by atoms with Crippen molar-refractivity contribution >= 4 is 22.9 Å². The van der Waals surface area contributed by atoms with Gasteiger partial charge in [-0.15, -0.1) is 0 Å². The van der Waals surface area contributed by atoms with E-state index < -0.39 is 12.0 Å². The minimum absolute atomic E-state index is 0.0574. The summed E-state index contributed by atoms with van der Waals surface area (Å²) in [5.74, 6) is 0.0275. The number of rotatable bonds is 5. The molecule has 0 amide bonds. The maximum Gasteiger partial charge on any atom is 0.338 e. The molecule has 130 valence electrons. The minimum atomic E-state index is -0.507. The van der Waals surface area contributed by atoms with Gasteiger partial charge in [0.05, 0.1) is 18.8 Å². The highest BCUT2D eigenvalue weighted by molar-refractivity contribution is 8.13. The zero-order valence-electron chi connectivity index (χ0n) is 14.3. The third kappa shape index (κ3) is 3.84. The second-order valence-corrected chi connectivity index (χ2v) is 5.88. The number of hydrogen-bond donors (Lipinski definition) is 2. The van der Waals surface area contributed by atoms with Gasteiger partial charge in [0.25, 0.3) is 0 Å². The largest absolute Gasteiger partial charge is 0.504 e. The number of thioether (sulfide) groups is 1. The van der Waals surface area contributed by atoms with Crippen LogP contribution in [0, 0.1) is 0 Å². The first-order valence-electron chi connectivity index (χ1n) is 7.74. The number of benzene rings is 1. The van der Waals surface area contributed by atoms with Crippen molar-refractivity contribution in [1.82, 2.24) is 5.32 Å². The quantitative estimate of drug-likeness (QED) is 0.795. The molecular formula is C17H22N2O4S. The summed E-state index contributed by atoms with van der Waals surface area (Å²) in [4.78, 5) is 17.0. The number of carbonyl (C=O) groups excluding carboxylic acids is 1. The molecule has 2 rings (SSSR count). The first-order chi connectivity index (χ1) is 11.5. The summed E-state index contributed by atoms with van der Waals surface area (Å²) in [5.41, 5.74) is 1.93. The number of allylic oxidation sites excluding steroid dienone is 1. The number of nitrogens with one attached hydrogen (secondary N) is 1. The van der Waals surface area contributed by atoms with E-state index in [9.17, 15) is 9.90 Å². The highest BCUT2D eigenvalue weighted by Gasteiger charge is 2.30. The molecule has 7 heteroatoms. The van der Waals surface area contributed by atoms with E-state index in [1.807, 2.05) is 20.1 Å². The van der Waals surface area contributed by atoms with E-state index in [1.54, 1.807) is 25.1 Å². The van der Waals surface area contributed by atoms with Crippen molar-refractivity contribution in [2.45, 2.75) is 26.8 Å². The lowest BCUT2D eigenvalue weighted by Crippen LogP contribution is -2.30. The van der Waals surface area contributed by atoms with Gasteiger partial charge < -0.3 is 19.9 Å². The molecule has 24 heavy (non-hydrogen) atoms. The molecule has 0 fully saturated rings. The van der Waals surface area contributed by atoms with Gasteiger partial charge in [-0.1, -0.05) is 17.8 Å². The molecule has 1 aliphatic rings. The molecule has 1 heterocycles. The van der Waals surface area contributed by atoms with Gasteiger partial charge in [0.15, 0.2) is 16.7 Å². The van der Waals surface area contributed by atoms with Crippen molar-refractivity contribution < 1.29 is 19.4 Å². The number of phenolic OH excluding ortho intramolecular Hbond substituents is 1. The highest BCUT2D eigenvalue weighted by Crippen LogP contribution is 2.36. The second-order valence-electron chi connectivity index (χ2n) is 5.09. The Morgan fingerprint density at radius 3 is 2.75 bits per heavy atom. The van der Waals surface area contributed by atoms with Crippen LogP contribution in [0.15, 0.2) is 34.5 Å². The zero-order chi connectivity index (χ0) is 17.7. The molecule has 0 radical (unpaired) electrons. The standard InChI is InChI=1S/C17H22N2O4S/c1-5-22-13-9-11(7-8-12(13)20)15-14(16(21)23-6-2)10(3)18-17(19-15)24-4/h7-9,15,20H,5-6H2,1-4H3,(H,18,19)/t15-/m0/s1. The maximum absolute atomic E-state index is 12.4. The van der Waals surface area contributed by atoms with Gasteiger partial charge in [-0.3, -0.25) is 0 Å². The van der Waals surface area contributed by atoms with Crippen LogP contribution in [-0.2, 0) is 9.53 Å². The Labute approximate surface area is 146 Å². The molecule has 2 N–H and O–H groups in total. The van der Waals surface area contributed by atoms with Gasteiger partial charge in [-0.25, -0.2) is 9.79 Å². The van der Waals surface area contributed by atoms with Crippen LogP contribution in [0.3, 0.4) is 0 Å². The van der Waals surface area contributed by atoms with Crippen LogP contribution in [0.2, 0.25) is 0 Å². The number of aromatic hydroxyl groups is 1. The summed E-state index contributed by atoms with van der Waals surface area (Å²) < 4.78 is 10.6. The monoisotopic (exact) mass is 350 g/mol. The Balaban J connectivity index is 2.49. The van der Waals surface area contributed by atoms with Crippen molar-refractivity contribution in [2.75, 3.05) is 19.5 Å². The summed E-state index contributed by atoms with van der Waals surface area (Å²) in [5, 5.41) is 13.7. The molecule has 0 unspecified atom stereocenters. The molecule has 0 spiro atoms. The lowest BCUT2D eigenvalue weighted by molar-refractivity contribution is -0.138. The number of carbonyl (C=O) groups is 1. The van der Waals surface area contributed by atoms with Crippen LogP contribution in [0.5, 0.6) is 11.5 Å². The van der Waals surface area contributed by atoms with Gasteiger partial charge >= 0.3 is 5.97 Å². The molecule has 0 aliphatic carbocycles. The predicted octanol–water partition coefficient (Wildman–Crippen LogP) is 2.99. The van der Waals surface area contributed by atoms with Crippen LogP contribution >= 0.6 is 11.8 Å². The van der Waals surface area contributed by atoms with E-state index in [0.717, 1.165) is 10.7 Å². The lowest BCUT2D eigenvalue weighted by Gasteiger charge is -2.25. The molecule has 1 atom stereocenters. The van der Waals surface area contributed by atoms with Gasteiger partial charge in [0, 0.05) is 5.70 Å². The minimum Gasteiger partial charge on any atom is -0.504 e. The number of nitrogens with zero attached hydrogens (tertiary/aromatic N) is 1. The van der Waals surface area contributed by atoms with Crippen LogP contribution in [0.25, 0.3) is 0 Å². The second kappa shape index (κ2) is 8.10. The Hall–Kier alpha value is -2.15. The predicted molar refractivity (Wildman–Crippen MR) is 95.4 cm³/mol. The number of esters is 1. The van der Waals surface area contributed by atoms with Gasteiger partial charge in [-0.2, -0.15) is 0 Å². The lowest BCUT2D eigenvalue weighted by atomic mass is 9.96. The Morgan fingerprint density at radius 1 is 1.38 bits per heavy atom. The van der Waals surface area contributed by atoms with Crippen molar-refractivity contribution in [3.05, 3.63) is 35.0 Å². The summed E-state index contributed by atoms with van der Waals surface area (Å²) >= 11 is 1.46. The fourth-order valence-electron chi connectivity index (χ4n) is 2.44. The Bertz CT molecular complexity index is 685. The normalized spacial score (nSPS) is 17.2. The van der Waals surface area contributed by atoms with Crippen LogP contribution in [0.4, 0.5) is 0 Å². The third-order valence-electron chi connectivity index (χ3n) is 3.51. The molecular weight excluding hydrogens is 328 g/mol. The molecule has 0 saturated carbocycles. The number of aliphatic imine (C=N–C) groups is 1. The summed E-state index contributed by atoms with van der Waals surface area (Å²) in [6.07, 6.45) is 1.91. The van der Waals surface area contributed by atoms with Crippen LogP contribution in [-0.4, -0.2) is 35.7 Å². The van der Waals surface area contributed by atoms with E-state index in [0.29, 0.717) is 30.2 Å². The van der Waals surface area contributed by atoms with E-state index in [1.165, 1.54) is 11.8 Å². The van der Waals surface area contributed by atoms with Gasteiger partial charge in [0.2, 0.25) is 0 Å². The molecule has 1 aromatic carbocycles. The molecule has 1 aromatic rings. The van der Waals surface area contributed by atoms with Crippen LogP contribution < -0.4 is 10.1 Å². The molecule has 0 bridgehead atoms. The molecule has 1 aliphatic heterocycles. The Morgan fingerprint density at radius 2 is 2.12 bits per heavy atom. The van der Waals surface area contributed by atoms with Gasteiger partial charge in [0.1, 0.15) is 6.04 Å². The number of phenols is 1. The Kier molecular flexibility index (Phi) is 6.14. The molecule has 0 aromatic heterocycles. The van der Waals surface area contributed by atoms with Gasteiger partial charge in [-0.05, 0) is 44.7 Å². The number of ether oxygens (including phenoxy) is 2. The average Bonchev–Trinajstić information content (AvgIpc) is 2.56. The summed E-state index contributed by atoms with van der Waals surface area (Å²) in [6, 6.07) is 4.49. The number of hydrogen-bond acceptors (Lipinski definition) is 7. The topological polar surface area (TPSA) is 80.2 Å². The van der Waals surface area contributed by atoms with Crippen molar-refractivity contribution in [3.63, 3.8) is 0 Å². The van der Waals surface area contributed by atoms with E-state index >= 15 is 0 Å². The highest BCUT2D eigenvalue weighted by atomic mass is 32.2. The first-order valence-corrected chi connectivity index (χ1v) is 8.96. The third-order valence-corrected chi connectivity index (χ3v) is 4.10. The maximum atomic E-state index is 12.4. The average molecular weight is 350 g/mol. The van der Waals surface area contributed by atoms with Crippen LogP contribution in [0.1, 0.15) is 32.4 Å². The summed E-state index contributed by atoms with van der Waals surface area (Å²) in [6.45, 7) is 6.16. The fraction of sp³-hybridized carbons (Fsp3) is 0.412. The number of amidine groups is 1. The molecule has 0 saturated heterocycles. The van der Waals surface area contributed by atoms with Crippen molar-refractivity contribution in [3.8, 4) is 11.5 Å². The SMILES string of the molecule is CCOC(=O)C1=C(C)NC(SC)=N[C@H]1c1ccc(O)c(OCC)c1. The fourth-order valence-corrected chi connectivity index (χ4v) is 2.90. The molecule has 6 nitrogen and oxygen atoms in total. The van der Waals surface area contributed by atoms with E-state index in [-0.39, 0.29) is 5.75 Å². The van der Waals surface area contributed by atoms with E-state index in [2.05, 4.69) is 10.3 Å². The summed E-state index contributed by atoms with van der Waals surface area (Å²) in [7, 11) is 0. The van der Waals surface area contributed by atoms with Crippen molar-refractivity contribution in [2.24, 2.45) is 4.99 Å². The zero-order valence-corrected chi connectivity index (χ0v) is 15.1. The van der Waals surface area contributed by atoms with Crippen molar-refractivity contribution in [1.29, 1.82) is 0 Å². The smallest absolute Gasteiger partial charge is 0.338 e.